The number of hydrogen-bond donors (Lipinski definition) is 1. The number of carbonyl (C=O) groups excluding carboxylic acids is 1. The average molecular weight is 377 g/mol. The van der Waals surface area contributed by atoms with E-state index < -0.39 is 0 Å². The first-order valence-electron chi connectivity index (χ1n) is 8.76. The van der Waals surface area contributed by atoms with E-state index >= 15 is 0 Å². The molecule has 0 spiro atoms. The maximum Gasteiger partial charge on any atom is 0.246 e. The lowest BCUT2D eigenvalue weighted by molar-refractivity contribution is -0.120. The number of rotatable bonds is 4. The molecule has 6 heteroatoms. The molecule has 0 saturated heterocycles. The predicted octanol–water partition coefficient (Wildman–Crippen LogP) is 4.04. The molecule has 4 rings (SSSR count). The summed E-state index contributed by atoms with van der Waals surface area (Å²) in [5, 5.41) is 7.27. The molecule has 1 aliphatic rings. The van der Waals surface area contributed by atoms with Gasteiger partial charge < -0.3 is 4.74 Å². The molecule has 0 bridgehead atoms. The van der Waals surface area contributed by atoms with Crippen LogP contribution in [0.25, 0.3) is 0 Å². The second kappa shape index (κ2) is 7.72. The first-order valence-corrected chi connectivity index (χ1v) is 9.64. The van der Waals surface area contributed by atoms with Crippen molar-refractivity contribution in [2.75, 3.05) is 0 Å². The van der Waals surface area contributed by atoms with Gasteiger partial charge in [0.25, 0.3) is 0 Å². The van der Waals surface area contributed by atoms with Crippen molar-refractivity contribution in [3.05, 3.63) is 81.8 Å². The minimum absolute atomic E-state index is 0.127. The van der Waals surface area contributed by atoms with Gasteiger partial charge in [0.05, 0.1) is 22.8 Å². The molecule has 0 radical (unpaired) electrons. The Kier molecular flexibility index (Phi) is 4.98. The maximum atomic E-state index is 12.2. The summed E-state index contributed by atoms with van der Waals surface area (Å²) in [6.45, 7) is 1.93. The molecule has 5 nitrogen and oxygen atoms in total. The molecule has 0 saturated carbocycles. The van der Waals surface area contributed by atoms with Gasteiger partial charge in [0, 0.05) is 17.4 Å². The Morgan fingerprint density at radius 3 is 2.78 bits per heavy atom. The Morgan fingerprint density at radius 2 is 2.00 bits per heavy atom. The van der Waals surface area contributed by atoms with Gasteiger partial charge in [-0.15, -0.1) is 11.3 Å². The summed E-state index contributed by atoms with van der Waals surface area (Å²) in [6.07, 6.45) is 0.691. The molecule has 1 aromatic heterocycles. The number of benzene rings is 2. The molecule has 136 valence electrons. The monoisotopic (exact) mass is 377 g/mol. The fraction of sp³-hybridized carbons (Fsp3) is 0.190. The summed E-state index contributed by atoms with van der Waals surface area (Å²) >= 11 is 1.54. The SMILES string of the molecule is Cc1nc(CC(=O)NN=C2C[C@@H](c3ccccc3)Oc3ccccc32)cs1. The minimum Gasteiger partial charge on any atom is -0.485 e. The van der Waals surface area contributed by atoms with Crippen LogP contribution in [0.1, 0.15) is 34.4 Å². The average Bonchev–Trinajstić information content (AvgIpc) is 3.11. The predicted molar refractivity (Wildman–Crippen MR) is 106 cm³/mol. The number of hydrazone groups is 1. The molecule has 2 aromatic carbocycles. The van der Waals surface area contributed by atoms with Crippen LogP contribution in [0.4, 0.5) is 0 Å². The zero-order valence-electron chi connectivity index (χ0n) is 14.9. The Balaban J connectivity index is 1.54. The van der Waals surface area contributed by atoms with Crippen molar-refractivity contribution in [1.29, 1.82) is 0 Å². The van der Waals surface area contributed by atoms with Gasteiger partial charge in [-0.05, 0) is 24.6 Å². The number of thiazole rings is 1. The number of fused-ring (bicyclic) bond motifs is 1. The minimum atomic E-state index is -0.173. The summed E-state index contributed by atoms with van der Waals surface area (Å²) < 4.78 is 6.15. The molecule has 0 unspecified atom stereocenters. The van der Waals surface area contributed by atoms with Gasteiger partial charge in [0.2, 0.25) is 5.91 Å². The van der Waals surface area contributed by atoms with Crippen molar-refractivity contribution in [2.45, 2.75) is 25.9 Å². The molecular formula is C21H19N3O2S. The topological polar surface area (TPSA) is 63.6 Å². The van der Waals surface area contributed by atoms with Crippen LogP contribution in [0.5, 0.6) is 5.75 Å². The highest BCUT2D eigenvalue weighted by Crippen LogP contribution is 2.34. The van der Waals surface area contributed by atoms with E-state index in [9.17, 15) is 4.79 Å². The third-order valence-corrected chi connectivity index (χ3v) is 5.16. The van der Waals surface area contributed by atoms with E-state index in [2.05, 4.69) is 15.5 Å². The number of amides is 1. The third kappa shape index (κ3) is 4.06. The van der Waals surface area contributed by atoms with E-state index in [1.54, 1.807) is 0 Å². The number of aryl methyl sites for hydroxylation is 1. The Hall–Kier alpha value is -2.99. The Labute approximate surface area is 161 Å². The molecular weight excluding hydrogens is 358 g/mol. The molecule has 2 heterocycles. The molecule has 27 heavy (non-hydrogen) atoms. The van der Waals surface area contributed by atoms with Crippen LogP contribution in [0.15, 0.2) is 65.1 Å². The van der Waals surface area contributed by atoms with Crippen LogP contribution in [-0.2, 0) is 11.2 Å². The number of carbonyl (C=O) groups is 1. The van der Waals surface area contributed by atoms with E-state index in [0.29, 0.717) is 6.42 Å². The first kappa shape index (κ1) is 17.4. The van der Waals surface area contributed by atoms with Crippen molar-refractivity contribution >= 4 is 23.0 Å². The molecule has 1 aliphatic heterocycles. The quantitative estimate of drug-likeness (QED) is 0.698. The highest BCUT2D eigenvalue weighted by molar-refractivity contribution is 7.09. The van der Waals surface area contributed by atoms with E-state index in [0.717, 1.165) is 33.3 Å². The second-order valence-corrected chi connectivity index (χ2v) is 7.41. The summed E-state index contributed by atoms with van der Waals surface area (Å²) in [5.74, 6) is 0.605. The number of para-hydroxylation sites is 1. The van der Waals surface area contributed by atoms with Crippen molar-refractivity contribution in [3.8, 4) is 5.75 Å². The van der Waals surface area contributed by atoms with Crippen LogP contribution in [0, 0.1) is 6.92 Å². The van der Waals surface area contributed by atoms with Crippen molar-refractivity contribution < 1.29 is 9.53 Å². The van der Waals surface area contributed by atoms with Crippen LogP contribution in [0.3, 0.4) is 0 Å². The van der Waals surface area contributed by atoms with E-state index in [4.69, 9.17) is 4.74 Å². The van der Waals surface area contributed by atoms with Gasteiger partial charge in [0.15, 0.2) is 0 Å². The van der Waals surface area contributed by atoms with E-state index in [1.807, 2.05) is 66.9 Å². The maximum absolute atomic E-state index is 12.2. The first-order chi connectivity index (χ1) is 13.2. The van der Waals surface area contributed by atoms with Crippen LogP contribution in [0.2, 0.25) is 0 Å². The normalized spacial score (nSPS) is 17.2. The molecule has 3 aromatic rings. The fourth-order valence-corrected chi connectivity index (χ4v) is 3.68. The van der Waals surface area contributed by atoms with Crippen molar-refractivity contribution in [3.63, 3.8) is 0 Å². The van der Waals surface area contributed by atoms with Crippen molar-refractivity contribution in [1.82, 2.24) is 10.4 Å². The van der Waals surface area contributed by atoms with Crippen LogP contribution < -0.4 is 10.2 Å². The molecule has 0 fully saturated rings. The fourth-order valence-electron chi connectivity index (χ4n) is 3.07. The standard InChI is InChI=1S/C21H19N3O2S/c1-14-22-16(13-27-14)11-21(25)24-23-18-12-20(15-7-3-2-4-8-15)26-19-10-6-5-9-17(18)19/h2-10,13,20H,11-12H2,1H3,(H,24,25)/t20-/m0/s1. The second-order valence-electron chi connectivity index (χ2n) is 6.35. The highest BCUT2D eigenvalue weighted by Gasteiger charge is 2.26. The Bertz CT molecular complexity index is 982. The lowest BCUT2D eigenvalue weighted by atomic mass is 9.96. The van der Waals surface area contributed by atoms with Gasteiger partial charge in [-0.25, -0.2) is 10.4 Å². The number of ether oxygens (including phenoxy) is 1. The highest BCUT2D eigenvalue weighted by atomic mass is 32.1. The van der Waals surface area contributed by atoms with Gasteiger partial charge in [-0.3, -0.25) is 4.79 Å². The Morgan fingerprint density at radius 1 is 1.22 bits per heavy atom. The van der Waals surface area contributed by atoms with Crippen LogP contribution >= 0.6 is 11.3 Å². The van der Waals surface area contributed by atoms with Crippen molar-refractivity contribution in [2.24, 2.45) is 5.10 Å². The van der Waals surface area contributed by atoms with Gasteiger partial charge in [-0.2, -0.15) is 5.10 Å². The lowest BCUT2D eigenvalue weighted by Gasteiger charge is -2.27. The molecule has 1 N–H and O–H groups in total. The zero-order valence-corrected chi connectivity index (χ0v) is 15.7. The third-order valence-electron chi connectivity index (χ3n) is 4.34. The largest absolute Gasteiger partial charge is 0.485 e. The smallest absolute Gasteiger partial charge is 0.246 e. The van der Waals surface area contributed by atoms with E-state index in [1.165, 1.54) is 11.3 Å². The molecule has 1 amide bonds. The number of nitrogens with zero attached hydrogens (tertiary/aromatic N) is 2. The molecule has 1 atom stereocenters. The van der Waals surface area contributed by atoms with Gasteiger partial charge in [0.1, 0.15) is 11.9 Å². The summed E-state index contributed by atoms with van der Waals surface area (Å²) in [5.41, 5.74) is 6.26. The van der Waals surface area contributed by atoms with Gasteiger partial charge in [-0.1, -0.05) is 42.5 Å². The lowest BCUT2D eigenvalue weighted by Crippen LogP contribution is -2.26. The summed E-state index contributed by atoms with van der Waals surface area (Å²) in [7, 11) is 0. The number of nitrogens with one attached hydrogen (secondary N) is 1. The number of hydrogen-bond acceptors (Lipinski definition) is 5. The van der Waals surface area contributed by atoms with Crippen LogP contribution in [-0.4, -0.2) is 16.6 Å². The summed E-state index contributed by atoms with van der Waals surface area (Å²) in [4.78, 5) is 16.6. The number of aromatic nitrogens is 1. The van der Waals surface area contributed by atoms with Gasteiger partial charge >= 0.3 is 0 Å². The summed E-state index contributed by atoms with van der Waals surface area (Å²) in [6, 6.07) is 17.8. The molecule has 0 aliphatic carbocycles. The van der Waals surface area contributed by atoms with E-state index in [-0.39, 0.29) is 18.4 Å². The zero-order chi connectivity index (χ0) is 18.6.